The summed E-state index contributed by atoms with van der Waals surface area (Å²) in [5.41, 5.74) is 2.13. The van der Waals surface area contributed by atoms with Crippen molar-refractivity contribution in [2.45, 2.75) is 26.3 Å². The molecule has 1 N–H and O–H groups in total. The van der Waals surface area contributed by atoms with E-state index in [4.69, 9.17) is 11.6 Å². The molecule has 0 bridgehead atoms. The Balaban J connectivity index is 2.14. The minimum absolute atomic E-state index is 0.166. The number of carbonyl (C=O) groups excluding carboxylic acids is 1. The fourth-order valence-electron chi connectivity index (χ4n) is 1.85. The van der Waals surface area contributed by atoms with Crippen molar-refractivity contribution in [3.8, 4) is 0 Å². The molecule has 0 radical (unpaired) electrons. The lowest BCUT2D eigenvalue weighted by molar-refractivity contribution is 0.0939. The van der Waals surface area contributed by atoms with Crippen LogP contribution >= 0.6 is 11.6 Å². The van der Waals surface area contributed by atoms with E-state index in [0.717, 1.165) is 17.8 Å². The Bertz CT molecular complexity index is 601. The molecule has 1 atom stereocenters. The molecule has 2 aromatic rings. The van der Waals surface area contributed by atoms with E-state index in [1.54, 1.807) is 18.3 Å². The SMILES string of the molecule is CCc1cc(C(=O)NC(C)c2ccccn2)cc(Cl)n1. The first kappa shape index (κ1) is 14.5. The van der Waals surface area contributed by atoms with Crippen LogP contribution in [0.25, 0.3) is 0 Å². The zero-order valence-corrected chi connectivity index (χ0v) is 12.2. The van der Waals surface area contributed by atoms with Gasteiger partial charge in [0.05, 0.1) is 11.7 Å². The van der Waals surface area contributed by atoms with Gasteiger partial charge in [-0.25, -0.2) is 4.98 Å². The maximum absolute atomic E-state index is 12.2. The van der Waals surface area contributed by atoms with Gasteiger partial charge in [0.1, 0.15) is 5.15 Å². The molecule has 0 saturated carbocycles. The second kappa shape index (κ2) is 6.48. The molecular weight excluding hydrogens is 274 g/mol. The normalized spacial score (nSPS) is 11.9. The van der Waals surface area contributed by atoms with Crippen LogP contribution in [-0.2, 0) is 6.42 Å². The van der Waals surface area contributed by atoms with Gasteiger partial charge < -0.3 is 5.32 Å². The number of aromatic nitrogens is 2. The molecule has 0 aliphatic carbocycles. The van der Waals surface area contributed by atoms with Crippen LogP contribution in [0.1, 0.15) is 41.6 Å². The predicted molar refractivity (Wildman–Crippen MR) is 78.7 cm³/mol. The highest BCUT2D eigenvalue weighted by molar-refractivity contribution is 6.29. The first-order chi connectivity index (χ1) is 9.60. The van der Waals surface area contributed by atoms with Gasteiger partial charge in [0.15, 0.2) is 0 Å². The van der Waals surface area contributed by atoms with E-state index in [9.17, 15) is 4.79 Å². The van der Waals surface area contributed by atoms with Gasteiger partial charge in [0.2, 0.25) is 0 Å². The van der Waals surface area contributed by atoms with Crippen LogP contribution in [0.3, 0.4) is 0 Å². The Morgan fingerprint density at radius 2 is 2.20 bits per heavy atom. The van der Waals surface area contributed by atoms with Crippen LogP contribution < -0.4 is 5.32 Å². The van der Waals surface area contributed by atoms with Gasteiger partial charge in [-0.2, -0.15) is 0 Å². The summed E-state index contributed by atoms with van der Waals surface area (Å²) in [6.45, 7) is 3.86. The first-order valence-electron chi connectivity index (χ1n) is 6.48. The molecule has 5 heteroatoms. The van der Waals surface area contributed by atoms with Gasteiger partial charge in [-0.1, -0.05) is 24.6 Å². The third kappa shape index (κ3) is 3.54. The number of rotatable bonds is 4. The second-order valence-electron chi connectivity index (χ2n) is 4.47. The van der Waals surface area contributed by atoms with Gasteiger partial charge in [0, 0.05) is 17.5 Å². The lowest BCUT2D eigenvalue weighted by Crippen LogP contribution is -2.27. The van der Waals surface area contributed by atoms with E-state index in [1.807, 2.05) is 32.0 Å². The third-order valence-corrected chi connectivity index (χ3v) is 3.14. The number of pyridine rings is 2. The third-order valence-electron chi connectivity index (χ3n) is 2.95. The summed E-state index contributed by atoms with van der Waals surface area (Å²) < 4.78 is 0. The molecule has 2 aromatic heterocycles. The summed E-state index contributed by atoms with van der Waals surface area (Å²) in [6.07, 6.45) is 2.44. The largest absolute Gasteiger partial charge is 0.344 e. The van der Waals surface area contributed by atoms with Crippen molar-refractivity contribution in [3.05, 3.63) is 58.6 Å². The standard InChI is InChI=1S/C15H16ClN3O/c1-3-12-8-11(9-14(16)19-12)15(20)18-10(2)13-6-4-5-7-17-13/h4-10H,3H2,1-2H3,(H,18,20). The van der Waals surface area contributed by atoms with Crippen molar-refractivity contribution < 1.29 is 4.79 Å². The van der Waals surface area contributed by atoms with Gasteiger partial charge in [-0.15, -0.1) is 0 Å². The minimum Gasteiger partial charge on any atom is -0.344 e. The number of nitrogens with one attached hydrogen (secondary N) is 1. The second-order valence-corrected chi connectivity index (χ2v) is 4.86. The number of halogens is 1. The molecule has 1 unspecified atom stereocenters. The Kier molecular flexibility index (Phi) is 4.69. The smallest absolute Gasteiger partial charge is 0.251 e. The Morgan fingerprint density at radius 1 is 1.40 bits per heavy atom. The molecule has 0 aromatic carbocycles. The first-order valence-corrected chi connectivity index (χ1v) is 6.86. The number of hydrogen-bond donors (Lipinski definition) is 1. The maximum atomic E-state index is 12.2. The average Bonchev–Trinajstić information content (AvgIpc) is 2.47. The summed E-state index contributed by atoms with van der Waals surface area (Å²) in [6, 6.07) is 8.77. The molecule has 20 heavy (non-hydrogen) atoms. The number of amides is 1. The van der Waals surface area contributed by atoms with Crippen molar-refractivity contribution in [1.29, 1.82) is 0 Å². The quantitative estimate of drug-likeness (QED) is 0.880. The van der Waals surface area contributed by atoms with E-state index in [2.05, 4.69) is 15.3 Å². The summed E-state index contributed by atoms with van der Waals surface area (Å²) >= 11 is 5.92. The van der Waals surface area contributed by atoms with Crippen molar-refractivity contribution >= 4 is 17.5 Å². The fraction of sp³-hybridized carbons (Fsp3) is 0.267. The van der Waals surface area contributed by atoms with Gasteiger partial charge in [-0.3, -0.25) is 9.78 Å². The molecule has 0 aliphatic heterocycles. The van der Waals surface area contributed by atoms with Crippen LogP contribution in [0.5, 0.6) is 0 Å². The van der Waals surface area contributed by atoms with Crippen molar-refractivity contribution in [3.63, 3.8) is 0 Å². The molecule has 0 fully saturated rings. The van der Waals surface area contributed by atoms with Crippen molar-refractivity contribution in [2.75, 3.05) is 0 Å². The van der Waals surface area contributed by atoms with E-state index >= 15 is 0 Å². The zero-order valence-electron chi connectivity index (χ0n) is 11.4. The average molecular weight is 290 g/mol. The molecule has 2 heterocycles. The summed E-state index contributed by atoms with van der Waals surface area (Å²) in [4.78, 5) is 20.6. The number of aryl methyl sites for hydroxylation is 1. The fourth-order valence-corrected chi connectivity index (χ4v) is 2.08. The van der Waals surface area contributed by atoms with E-state index < -0.39 is 0 Å². The number of hydrogen-bond acceptors (Lipinski definition) is 3. The molecule has 4 nitrogen and oxygen atoms in total. The highest BCUT2D eigenvalue weighted by Crippen LogP contribution is 2.14. The Morgan fingerprint density at radius 3 is 2.85 bits per heavy atom. The van der Waals surface area contributed by atoms with E-state index in [0.29, 0.717) is 10.7 Å². The Labute approximate surface area is 123 Å². The van der Waals surface area contributed by atoms with E-state index in [-0.39, 0.29) is 11.9 Å². The zero-order chi connectivity index (χ0) is 14.5. The molecule has 104 valence electrons. The van der Waals surface area contributed by atoms with Crippen LogP contribution in [-0.4, -0.2) is 15.9 Å². The van der Waals surface area contributed by atoms with E-state index in [1.165, 1.54) is 0 Å². The van der Waals surface area contributed by atoms with Gasteiger partial charge in [0.25, 0.3) is 5.91 Å². The highest BCUT2D eigenvalue weighted by Gasteiger charge is 2.13. The predicted octanol–water partition coefficient (Wildman–Crippen LogP) is 3.18. The van der Waals surface area contributed by atoms with Gasteiger partial charge >= 0.3 is 0 Å². The van der Waals surface area contributed by atoms with Crippen molar-refractivity contribution in [2.24, 2.45) is 0 Å². The lowest BCUT2D eigenvalue weighted by Gasteiger charge is -2.13. The monoisotopic (exact) mass is 289 g/mol. The summed E-state index contributed by atoms with van der Waals surface area (Å²) in [5, 5.41) is 3.24. The number of carbonyl (C=O) groups is 1. The summed E-state index contributed by atoms with van der Waals surface area (Å²) in [5.74, 6) is -0.179. The molecule has 0 saturated heterocycles. The molecule has 1 amide bonds. The molecule has 2 rings (SSSR count). The van der Waals surface area contributed by atoms with Crippen LogP contribution in [0.15, 0.2) is 36.5 Å². The maximum Gasteiger partial charge on any atom is 0.251 e. The minimum atomic E-state index is -0.179. The molecule has 0 spiro atoms. The van der Waals surface area contributed by atoms with Crippen molar-refractivity contribution in [1.82, 2.24) is 15.3 Å². The van der Waals surface area contributed by atoms with Crippen LogP contribution in [0.2, 0.25) is 5.15 Å². The van der Waals surface area contributed by atoms with Gasteiger partial charge in [-0.05, 0) is 37.6 Å². The molecular formula is C15H16ClN3O. The van der Waals surface area contributed by atoms with Crippen LogP contribution in [0, 0.1) is 0 Å². The Hall–Kier alpha value is -1.94. The van der Waals surface area contributed by atoms with Crippen LogP contribution in [0.4, 0.5) is 0 Å². The number of nitrogens with zero attached hydrogens (tertiary/aromatic N) is 2. The topological polar surface area (TPSA) is 54.9 Å². The summed E-state index contributed by atoms with van der Waals surface area (Å²) in [7, 11) is 0. The molecule has 0 aliphatic rings. The lowest BCUT2D eigenvalue weighted by atomic mass is 10.1. The highest BCUT2D eigenvalue weighted by atomic mass is 35.5.